The van der Waals surface area contributed by atoms with E-state index in [0.29, 0.717) is 6.42 Å². The van der Waals surface area contributed by atoms with E-state index in [1.54, 1.807) is 13.8 Å². The molecule has 0 aromatic heterocycles. The van der Waals surface area contributed by atoms with Crippen molar-refractivity contribution in [3.63, 3.8) is 0 Å². The average Bonchev–Trinajstić information content (AvgIpc) is 1.80. The Bertz CT molecular complexity index is 117. The van der Waals surface area contributed by atoms with Crippen LogP contribution in [0, 0.1) is 0 Å². The van der Waals surface area contributed by atoms with Gasteiger partial charge in [0.15, 0.2) is 5.78 Å². The van der Waals surface area contributed by atoms with Gasteiger partial charge in [0.2, 0.25) is 0 Å². The van der Waals surface area contributed by atoms with E-state index in [9.17, 15) is 4.79 Å². The van der Waals surface area contributed by atoms with Gasteiger partial charge in [0, 0.05) is 6.42 Å². The molecule has 0 heterocycles. The SMILES string of the molecule is CC(C)(N)C(=O)CCCI. The number of carbonyl (C=O) groups excluding carboxylic acids is 1. The molecule has 0 aromatic rings. The van der Waals surface area contributed by atoms with Gasteiger partial charge in [0.1, 0.15) is 0 Å². The van der Waals surface area contributed by atoms with Crippen molar-refractivity contribution in [1.82, 2.24) is 0 Å². The van der Waals surface area contributed by atoms with E-state index >= 15 is 0 Å². The standard InChI is InChI=1S/C7H14INO/c1-7(2,9)6(10)4-3-5-8/h3-5,9H2,1-2H3. The molecule has 0 bridgehead atoms. The maximum atomic E-state index is 11.1. The lowest BCUT2D eigenvalue weighted by atomic mass is 9.97. The molecule has 60 valence electrons. The van der Waals surface area contributed by atoms with E-state index in [-0.39, 0.29) is 5.78 Å². The topological polar surface area (TPSA) is 43.1 Å². The largest absolute Gasteiger partial charge is 0.319 e. The summed E-state index contributed by atoms with van der Waals surface area (Å²) in [5.74, 6) is 0.157. The number of alkyl halides is 1. The maximum absolute atomic E-state index is 11.1. The zero-order valence-corrected chi connectivity index (χ0v) is 8.64. The summed E-state index contributed by atoms with van der Waals surface area (Å²) in [7, 11) is 0. The zero-order valence-electron chi connectivity index (χ0n) is 6.48. The smallest absolute Gasteiger partial charge is 0.152 e. The van der Waals surface area contributed by atoms with Gasteiger partial charge in [-0.25, -0.2) is 0 Å². The van der Waals surface area contributed by atoms with Crippen molar-refractivity contribution in [2.24, 2.45) is 5.73 Å². The Morgan fingerprint density at radius 2 is 2.10 bits per heavy atom. The predicted octanol–water partition coefficient (Wildman–Crippen LogP) is 1.51. The lowest BCUT2D eigenvalue weighted by Crippen LogP contribution is -2.41. The molecule has 0 unspecified atom stereocenters. The van der Waals surface area contributed by atoms with Crippen LogP contribution >= 0.6 is 22.6 Å². The van der Waals surface area contributed by atoms with Gasteiger partial charge in [-0.2, -0.15) is 0 Å². The Hall–Kier alpha value is 0.360. The van der Waals surface area contributed by atoms with Crippen LogP contribution in [0.5, 0.6) is 0 Å². The van der Waals surface area contributed by atoms with E-state index in [0.717, 1.165) is 10.8 Å². The van der Waals surface area contributed by atoms with Crippen LogP contribution in [-0.2, 0) is 4.79 Å². The summed E-state index contributed by atoms with van der Waals surface area (Å²) in [6.07, 6.45) is 1.56. The molecule has 0 aliphatic carbocycles. The first-order valence-corrected chi connectivity index (χ1v) is 4.89. The fourth-order valence-electron chi connectivity index (χ4n) is 0.550. The number of halogens is 1. The number of Topliss-reactive ketones (excluding diaryl/α,β-unsaturated/α-hetero) is 1. The molecular weight excluding hydrogens is 241 g/mol. The zero-order chi connectivity index (χ0) is 8.20. The molecule has 0 fully saturated rings. The lowest BCUT2D eigenvalue weighted by molar-refractivity contribution is -0.123. The van der Waals surface area contributed by atoms with Crippen LogP contribution in [-0.4, -0.2) is 15.7 Å². The average molecular weight is 255 g/mol. The molecule has 0 amide bonds. The maximum Gasteiger partial charge on any atom is 0.152 e. The number of rotatable bonds is 4. The Morgan fingerprint density at radius 3 is 2.40 bits per heavy atom. The number of hydrogen-bond donors (Lipinski definition) is 1. The third kappa shape index (κ3) is 4.22. The van der Waals surface area contributed by atoms with Crippen LogP contribution in [0.25, 0.3) is 0 Å². The highest BCUT2D eigenvalue weighted by molar-refractivity contribution is 14.1. The number of ketones is 1. The summed E-state index contributed by atoms with van der Waals surface area (Å²) < 4.78 is 1.03. The second-order valence-corrected chi connectivity index (χ2v) is 4.02. The molecule has 0 atom stereocenters. The summed E-state index contributed by atoms with van der Waals surface area (Å²) in [6, 6.07) is 0. The van der Waals surface area contributed by atoms with Gasteiger partial charge in [0.05, 0.1) is 5.54 Å². The molecule has 10 heavy (non-hydrogen) atoms. The van der Waals surface area contributed by atoms with Crippen LogP contribution in [0.2, 0.25) is 0 Å². The molecule has 3 heteroatoms. The van der Waals surface area contributed by atoms with E-state index in [2.05, 4.69) is 22.6 Å². The van der Waals surface area contributed by atoms with Gasteiger partial charge in [-0.05, 0) is 24.7 Å². The second-order valence-electron chi connectivity index (χ2n) is 2.94. The van der Waals surface area contributed by atoms with Crippen LogP contribution in [0.15, 0.2) is 0 Å². The van der Waals surface area contributed by atoms with Crippen molar-refractivity contribution in [2.45, 2.75) is 32.2 Å². The molecule has 0 aliphatic heterocycles. The van der Waals surface area contributed by atoms with Crippen molar-refractivity contribution in [2.75, 3.05) is 4.43 Å². The minimum Gasteiger partial charge on any atom is -0.319 e. The molecule has 0 spiro atoms. The highest BCUT2D eigenvalue weighted by Crippen LogP contribution is 2.05. The molecule has 0 radical (unpaired) electrons. The summed E-state index contributed by atoms with van der Waals surface area (Å²) in [4.78, 5) is 11.1. The summed E-state index contributed by atoms with van der Waals surface area (Å²) in [6.45, 7) is 3.51. The first kappa shape index (κ1) is 10.4. The van der Waals surface area contributed by atoms with Gasteiger partial charge in [-0.3, -0.25) is 4.79 Å². The summed E-state index contributed by atoms with van der Waals surface area (Å²) in [5.41, 5.74) is 4.93. The normalized spacial score (nSPS) is 11.6. The van der Waals surface area contributed by atoms with Crippen LogP contribution in [0.4, 0.5) is 0 Å². The van der Waals surface area contributed by atoms with Gasteiger partial charge in [-0.1, -0.05) is 22.6 Å². The van der Waals surface area contributed by atoms with Gasteiger partial charge in [-0.15, -0.1) is 0 Å². The molecule has 0 saturated heterocycles. The van der Waals surface area contributed by atoms with Gasteiger partial charge < -0.3 is 5.73 Å². The van der Waals surface area contributed by atoms with Crippen LogP contribution in [0.3, 0.4) is 0 Å². The highest BCUT2D eigenvalue weighted by atomic mass is 127. The number of hydrogen-bond acceptors (Lipinski definition) is 2. The number of nitrogens with two attached hydrogens (primary N) is 1. The molecule has 2 N–H and O–H groups in total. The molecule has 2 nitrogen and oxygen atoms in total. The van der Waals surface area contributed by atoms with Crippen molar-refractivity contribution in [3.8, 4) is 0 Å². The fraction of sp³-hybridized carbons (Fsp3) is 0.857. The van der Waals surface area contributed by atoms with Crippen LogP contribution < -0.4 is 5.73 Å². The Labute approximate surface area is 75.7 Å². The first-order valence-electron chi connectivity index (χ1n) is 3.36. The number of carbonyl (C=O) groups is 1. The van der Waals surface area contributed by atoms with E-state index in [1.807, 2.05) is 0 Å². The third-order valence-electron chi connectivity index (χ3n) is 1.26. The molecule has 0 aliphatic rings. The van der Waals surface area contributed by atoms with Gasteiger partial charge in [0.25, 0.3) is 0 Å². The molecule has 0 saturated carbocycles. The first-order chi connectivity index (χ1) is 4.48. The van der Waals surface area contributed by atoms with E-state index in [4.69, 9.17) is 5.73 Å². The Morgan fingerprint density at radius 1 is 1.60 bits per heavy atom. The Balaban J connectivity index is 3.64. The highest BCUT2D eigenvalue weighted by Gasteiger charge is 2.20. The fourth-order valence-corrected chi connectivity index (χ4v) is 0.931. The minimum atomic E-state index is -0.633. The van der Waals surface area contributed by atoms with E-state index < -0.39 is 5.54 Å². The molecular formula is C7H14INO. The minimum absolute atomic E-state index is 0.157. The van der Waals surface area contributed by atoms with Crippen LogP contribution in [0.1, 0.15) is 26.7 Å². The predicted molar refractivity (Wildman–Crippen MR) is 51.4 cm³/mol. The lowest BCUT2D eigenvalue weighted by Gasteiger charge is -2.15. The van der Waals surface area contributed by atoms with Crippen molar-refractivity contribution < 1.29 is 4.79 Å². The van der Waals surface area contributed by atoms with Gasteiger partial charge >= 0.3 is 0 Å². The Kier molecular flexibility index (Phi) is 4.44. The second kappa shape index (κ2) is 4.28. The monoisotopic (exact) mass is 255 g/mol. The third-order valence-corrected chi connectivity index (χ3v) is 2.02. The summed E-state index contributed by atoms with van der Waals surface area (Å²) >= 11 is 2.26. The molecule has 0 rings (SSSR count). The van der Waals surface area contributed by atoms with Crippen molar-refractivity contribution in [1.29, 1.82) is 0 Å². The molecule has 0 aromatic carbocycles. The van der Waals surface area contributed by atoms with Crippen molar-refractivity contribution in [3.05, 3.63) is 0 Å². The van der Waals surface area contributed by atoms with Crippen molar-refractivity contribution >= 4 is 28.4 Å². The quantitative estimate of drug-likeness (QED) is 0.611. The summed E-state index contributed by atoms with van der Waals surface area (Å²) in [5, 5.41) is 0. The van der Waals surface area contributed by atoms with E-state index in [1.165, 1.54) is 0 Å².